The molecule has 24 heavy (non-hydrogen) atoms. The summed E-state index contributed by atoms with van der Waals surface area (Å²) in [6, 6.07) is 12.0. The molecule has 8 heteroatoms. The first-order chi connectivity index (χ1) is 11.4. The van der Waals surface area contributed by atoms with Crippen molar-refractivity contribution < 1.29 is 27.8 Å². The van der Waals surface area contributed by atoms with Gasteiger partial charge < -0.3 is 14.8 Å². The maximum absolute atomic E-state index is 12.1. The van der Waals surface area contributed by atoms with Crippen LogP contribution in [0.5, 0.6) is 5.75 Å². The van der Waals surface area contributed by atoms with Gasteiger partial charge in [-0.2, -0.15) is 8.78 Å². The van der Waals surface area contributed by atoms with Crippen LogP contribution in [0.1, 0.15) is 10.4 Å². The van der Waals surface area contributed by atoms with Gasteiger partial charge in [-0.3, -0.25) is 4.79 Å². The van der Waals surface area contributed by atoms with Crippen LogP contribution in [0, 0.1) is 0 Å². The quantitative estimate of drug-likeness (QED) is 0.749. The molecule has 0 unspecified atom stereocenters. The van der Waals surface area contributed by atoms with E-state index >= 15 is 0 Å². The lowest BCUT2D eigenvalue weighted by Gasteiger charge is -2.08. The molecule has 1 N–H and O–H groups in total. The Morgan fingerprint density at radius 1 is 1.12 bits per heavy atom. The standard InChI is InChI=1S/C16H12BrF2NO4/c17-11-4-6-12(7-5-11)20-14(21)9-23-15(22)10-2-1-3-13(8-10)24-16(18)19/h1-8,16H,9H2,(H,20,21). The first-order valence-corrected chi connectivity index (χ1v) is 7.51. The van der Waals surface area contributed by atoms with Crippen LogP contribution in [0.2, 0.25) is 0 Å². The number of alkyl halides is 2. The number of ether oxygens (including phenoxy) is 2. The third-order valence-electron chi connectivity index (χ3n) is 2.76. The van der Waals surface area contributed by atoms with Gasteiger partial charge in [0.1, 0.15) is 5.75 Å². The lowest BCUT2D eigenvalue weighted by atomic mass is 10.2. The lowest BCUT2D eigenvalue weighted by molar-refractivity contribution is -0.119. The van der Waals surface area contributed by atoms with Crippen molar-refractivity contribution in [2.24, 2.45) is 0 Å². The third-order valence-corrected chi connectivity index (χ3v) is 3.29. The van der Waals surface area contributed by atoms with Crippen LogP contribution in [-0.2, 0) is 9.53 Å². The number of rotatable bonds is 6. The van der Waals surface area contributed by atoms with E-state index in [9.17, 15) is 18.4 Å². The monoisotopic (exact) mass is 399 g/mol. The SMILES string of the molecule is O=C(COC(=O)c1cccc(OC(F)F)c1)Nc1ccc(Br)cc1. The summed E-state index contributed by atoms with van der Waals surface area (Å²) in [5.74, 6) is -1.51. The second-order valence-corrected chi connectivity index (χ2v) is 5.45. The summed E-state index contributed by atoms with van der Waals surface area (Å²) < 4.78 is 34.2. The van der Waals surface area contributed by atoms with E-state index in [-0.39, 0.29) is 11.3 Å². The van der Waals surface area contributed by atoms with Gasteiger partial charge in [-0.15, -0.1) is 0 Å². The van der Waals surface area contributed by atoms with Gasteiger partial charge in [0.25, 0.3) is 5.91 Å². The van der Waals surface area contributed by atoms with Crippen LogP contribution < -0.4 is 10.1 Å². The molecule has 0 saturated heterocycles. The predicted octanol–water partition coefficient (Wildman–Crippen LogP) is 3.85. The van der Waals surface area contributed by atoms with Crippen LogP contribution in [0.3, 0.4) is 0 Å². The third kappa shape index (κ3) is 5.62. The number of carbonyl (C=O) groups excluding carboxylic acids is 2. The summed E-state index contributed by atoms with van der Waals surface area (Å²) in [4.78, 5) is 23.6. The summed E-state index contributed by atoms with van der Waals surface area (Å²) in [5, 5.41) is 2.55. The normalized spacial score (nSPS) is 10.3. The van der Waals surface area contributed by atoms with Crippen molar-refractivity contribution in [3.63, 3.8) is 0 Å². The summed E-state index contributed by atoms with van der Waals surface area (Å²) in [5.41, 5.74) is 0.552. The van der Waals surface area contributed by atoms with E-state index in [1.807, 2.05) is 0 Å². The number of esters is 1. The Bertz CT molecular complexity index is 722. The maximum Gasteiger partial charge on any atom is 0.387 e. The number of hydrogen-bond donors (Lipinski definition) is 1. The molecule has 126 valence electrons. The molecule has 0 heterocycles. The summed E-state index contributed by atoms with van der Waals surface area (Å²) >= 11 is 3.27. The molecule has 2 aromatic carbocycles. The zero-order valence-corrected chi connectivity index (χ0v) is 13.8. The highest BCUT2D eigenvalue weighted by Gasteiger charge is 2.12. The van der Waals surface area contributed by atoms with E-state index in [2.05, 4.69) is 26.0 Å². The molecule has 0 atom stereocenters. The van der Waals surface area contributed by atoms with Gasteiger partial charge in [0.2, 0.25) is 0 Å². The Kier molecular flexibility index (Phi) is 6.25. The fourth-order valence-corrected chi connectivity index (χ4v) is 2.01. The average molecular weight is 400 g/mol. The molecule has 0 bridgehead atoms. The molecule has 0 aliphatic carbocycles. The Morgan fingerprint density at radius 2 is 1.83 bits per heavy atom. The molecule has 2 aromatic rings. The van der Waals surface area contributed by atoms with Crippen molar-refractivity contribution in [3.8, 4) is 5.75 Å². The Balaban J connectivity index is 1.88. The summed E-state index contributed by atoms with van der Waals surface area (Å²) in [6.45, 7) is -3.50. The fraction of sp³-hybridized carbons (Fsp3) is 0.125. The molecule has 1 amide bonds. The van der Waals surface area contributed by atoms with E-state index in [0.717, 1.165) is 10.5 Å². The zero-order valence-electron chi connectivity index (χ0n) is 12.2. The minimum absolute atomic E-state index is 0.00425. The Morgan fingerprint density at radius 3 is 2.50 bits per heavy atom. The Labute approximate surface area is 144 Å². The molecule has 0 radical (unpaired) electrons. The Hall–Kier alpha value is -2.48. The number of amides is 1. The largest absolute Gasteiger partial charge is 0.452 e. The molecule has 0 aliphatic heterocycles. The van der Waals surface area contributed by atoms with Crippen molar-refractivity contribution in [3.05, 3.63) is 58.6 Å². The minimum Gasteiger partial charge on any atom is -0.452 e. The fourth-order valence-electron chi connectivity index (χ4n) is 1.74. The van der Waals surface area contributed by atoms with E-state index in [0.29, 0.717) is 5.69 Å². The highest BCUT2D eigenvalue weighted by molar-refractivity contribution is 9.10. The van der Waals surface area contributed by atoms with Gasteiger partial charge in [0, 0.05) is 10.2 Å². The molecule has 0 spiro atoms. The number of benzene rings is 2. The van der Waals surface area contributed by atoms with Crippen molar-refractivity contribution in [2.75, 3.05) is 11.9 Å². The molecule has 2 rings (SSSR count). The second kappa shape index (κ2) is 8.39. The molecule has 0 aliphatic rings. The van der Waals surface area contributed by atoms with Gasteiger partial charge in [-0.25, -0.2) is 4.79 Å². The van der Waals surface area contributed by atoms with Gasteiger partial charge in [0.05, 0.1) is 5.56 Å². The maximum atomic E-state index is 12.1. The van der Waals surface area contributed by atoms with Gasteiger partial charge >= 0.3 is 12.6 Å². The van der Waals surface area contributed by atoms with Crippen LogP contribution >= 0.6 is 15.9 Å². The van der Waals surface area contributed by atoms with E-state index in [1.54, 1.807) is 24.3 Å². The lowest BCUT2D eigenvalue weighted by Crippen LogP contribution is -2.20. The minimum atomic E-state index is -2.99. The van der Waals surface area contributed by atoms with Crippen molar-refractivity contribution in [2.45, 2.75) is 6.61 Å². The zero-order chi connectivity index (χ0) is 17.5. The van der Waals surface area contributed by atoms with Gasteiger partial charge in [0.15, 0.2) is 6.61 Å². The highest BCUT2D eigenvalue weighted by atomic mass is 79.9. The molecule has 5 nitrogen and oxygen atoms in total. The molecular formula is C16H12BrF2NO4. The van der Waals surface area contributed by atoms with Crippen LogP contribution in [-0.4, -0.2) is 25.1 Å². The predicted molar refractivity (Wildman–Crippen MR) is 86.1 cm³/mol. The highest BCUT2D eigenvalue weighted by Crippen LogP contribution is 2.17. The second-order valence-electron chi connectivity index (χ2n) is 4.54. The van der Waals surface area contributed by atoms with E-state index in [4.69, 9.17) is 4.74 Å². The number of nitrogens with one attached hydrogen (secondary N) is 1. The summed E-state index contributed by atoms with van der Waals surface area (Å²) in [6.07, 6.45) is 0. The van der Waals surface area contributed by atoms with Crippen LogP contribution in [0.15, 0.2) is 53.0 Å². The van der Waals surface area contributed by atoms with E-state index < -0.39 is 25.1 Å². The van der Waals surface area contributed by atoms with Crippen molar-refractivity contribution in [1.29, 1.82) is 0 Å². The number of anilines is 1. The average Bonchev–Trinajstić information content (AvgIpc) is 2.54. The molecule has 0 fully saturated rings. The van der Waals surface area contributed by atoms with Crippen molar-refractivity contribution >= 4 is 33.5 Å². The summed E-state index contributed by atoms with van der Waals surface area (Å²) in [7, 11) is 0. The molecule has 0 saturated carbocycles. The molecular weight excluding hydrogens is 388 g/mol. The number of halogens is 3. The van der Waals surface area contributed by atoms with Crippen LogP contribution in [0.25, 0.3) is 0 Å². The topological polar surface area (TPSA) is 64.6 Å². The van der Waals surface area contributed by atoms with Crippen LogP contribution in [0.4, 0.5) is 14.5 Å². The van der Waals surface area contributed by atoms with Crippen molar-refractivity contribution in [1.82, 2.24) is 0 Å². The molecule has 0 aromatic heterocycles. The smallest absolute Gasteiger partial charge is 0.387 e. The van der Waals surface area contributed by atoms with Gasteiger partial charge in [-0.1, -0.05) is 22.0 Å². The van der Waals surface area contributed by atoms with Gasteiger partial charge in [-0.05, 0) is 42.5 Å². The first kappa shape index (κ1) is 17.9. The first-order valence-electron chi connectivity index (χ1n) is 6.71. The van der Waals surface area contributed by atoms with E-state index in [1.165, 1.54) is 18.2 Å². The number of carbonyl (C=O) groups is 2. The number of hydrogen-bond acceptors (Lipinski definition) is 4.